The number of aryl methyl sites for hydroxylation is 2. The first-order valence-electron chi connectivity index (χ1n) is 12.5. The van der Waals surface area contributed by atoms with Gasteiger partial charge >= 0.3 is 0 Å². The fourth-order valence-electron chi connectivity index (χ4n) is 4.64. The number of carbonyl (C=O) groups is 1. The van der Waals surface area contributed by atoms with Gasteiger partial charge in [0.25, 0.3) is 0 Å². The molecular formula is C27H35N5O5S. The van der Waals surface area contributed by atoms with E-state index < -0.39 is 10.0 Å². The van der Waals surface area contributed by atoms with E-state index in [-0.39, 0.29) is 23.8 Å². The molecule has 204 valence electrons. The molecule has 2 aromatic carbocycles. The van der Waals surface area contributed by atoms with E-state index in [0.29, 0.717) is 29.1 Å². The molecule has 1 aliphatic heterocycles. The Morgan fingerprint density at radius 1 is 1.11 bits per heavy atom. The number of nitrogens with zero attached hydrogens (tertiary/aromatic N) is 4. The number of ether oxygens (including phenoxy) is 1. The predicted octanol–water partition coefficient (Wildman–Crippen LogP) is 3.27. The summed E-state index contributed by atoms with van der Waals surface area (Å²) in [5, 5.41) is 2.87. The smallest absolute Gasteiger partial charge is 0.243 e. The average Bonchev–Trinajstić information content (AvgIpc) is 3.40. The molecule has 0 bridgehead atoms. The maximum absolute atomic E-state index is 13.2. The van der Waals surface area contributed by atoms with Gasteiger partial charge in [0.1, 0.15) is 12.0 Å². The van der Waals surface area contributed by atoms with Crippen LogP contribution in [0.25, 0.3) is 0 Å². The molecule has 3 aromatic rings. The largest absolute Gasteiger partial charge is 0.497 e. The molecule has 1 N–H and O–H groups in total. The standard InChI is InChI=1S/C27H35N5O5S/c1-20-17-24(36-4)18-21(2)27(20)38(34,35)30(3)11-9-25(33)29-22-5-7-23(8-6-22)32-14-12-31(13-15-32)19-26-28-10-16-37-26/h5-8,10,16-18H,9,11-15,19H2,1-4H3,(H,29,33). The molecule has 1 fully saturated rings. The highest BCUT2D eigenvalue weighted by molar-refractivity contribution is 7.89. The predicted molar refractivity (Wildman–Crippen MR) is 146 cm³/mol. The maximum Gasteiger partial charge on any atom is 0.243 e. The van der Waals surface area contributed by atoms with Crippen molar-refractivity contribution in [3.8, 4) is 5.75 Å². The highest BCUT2D eigenvalue weighted by Gasteiger charge is 2.26. The van der Waals surface area contributed by atoms with Gasteiger partial charge in [-0.1, -0.05) is 0 Å². The number of anilines is 2. The van der Waals surface area contributed by atoms with Crippen molar-refractivity contribution in [1.29, 1.82) is 0 Å². The van der Waals surface area contributed by atoms with E-state index in [0.717, 1.165) is 37.8 Å². The number of nitrogens with one attached hydrogen (secondary N) is 1. The Bertz CT molecular complexity index is 1310. The lowest BCUT2D eigenvalue weighted by Gasteiger charge is -2.35. The summed E-state index contributed by atoms with van der Waals surface area (Å²) in [7, 11) is -0.713. The molecule has 2 heterocycles. The summed E-state index contributed by atoms with van der Waals surface area (Å²) >= 11 is 0. The minimum atomic E-state index is -3.75. The average molecular weight is 542 g/mol. The Hall–Kier alpha value is -3.41. The summed E-state index contributed by atoms with van der Waals surface area (Å²) in [6.07, 6.45) is 3.30. The molecule has 0 atom stereocenters. The molecule has 0 saturated carbocycles. The van der Waals surface area contributed by atoms with Crippen molar-refractivity contribution < 1.29 is 22.4 Å². The number of benzene rings is 2. The topological polar surface area (TPSA) is 108 Å². The van der Waals surface area contributed by atoms with E-state index in [4.69, 9.17) is 9.15 Å². The molecule has 0 spiro atoms. The molecule has 1 aromatic heterocycles. The molecule has 4 rings (SSSR count). The number of hydrogen-bond acceptors (Lipinski definition) is 8. The van der Waals surface area contributed by atoms with E-state index in [1.54, 1.807) is 45.6 Å². The first-order chi connectivity index (χ1) is 18.2. The SMILES string of the molecule is COc1cc(C)c(S(=O)(=O)N(C)CCC(=O)Nc2ccc(N3CCN(Cc4ncco4)CC3)cc2)c(C)c1. The molecule has 1 aliphatic rings. The van der Waals surface area contributed by atoms with Crippen LogP contribution in [0.15, 0.2) is 58.2 Å². The Morgan fingerprint density at radius 2 is 1.76 bits per heavy atom. The van der Waals surface area contributed by atoms with E-state index >= 15 is 0 Å². The van der Waals surface area contributed by atoms with Crippen LogP contribution < -0.4 is 15.0 Å². The molecule has 1 saturated heterocycles. The third-order valence-corrected chi connectivity index (χ3v) is 8.89. The van der Waals surface area contributed by atoms with Crippen LogP contribution in [0.4, 0.5) is 11.4 Å². The van der Waals surface area contributed by atoms with Crippen molar-refractivity contribution in [2.24, 2.45) is 0 Å². The van der Waals surface area contributed by atoms with Gasteiger partial charge in [-0.15, -0.1) is 0 Å². The summed E-state index contributed by atoms with van der Waals surface area (Å²) in [6, 6.07) is 11.1. The van der Waals surface area contributed by atoms with Gasteiger partial charge in [0.15, 0.2) is 0 Å². The second-order valence-electron chi connectivity index (χ2n) is 9.45. The molecule has 10 nitrogen and oxygen atoms in total. The van der Waals surface area contributed by atoms with Gasteiger partial charge in [-0.3, -0.25) is 9.69 Å². The van der Waals surface area contributed by atoms with Crippen LogP contribution in [0.3, 0.4) is 0 Å². The van der Waals surface area contributed by atoms with Crippen LogP contribution in [0, 0.1) is 13.8 Å². The van der Waals surface area contributed by atoms with Crippen LogP contribution in [-0.4, -0.2) is 75.4 Å². The lowest BCUT2D eigenvalue weighted by molar-refractivity contribution is -0.116. The van der Waals surface area contributed by atoms with Crippen molar-refractivity contribution in [3.05, 3.63) is 65.9 Å². The van der Waals surface area contributed by atoms with Crippen LogP contribution in [0.2, 0.25) is 0 Å². The zero-order valence-electron chi connectivity index (χ0n) is 22.3. The van der Waals surface area contributed by atoms with E-state index in [1.807, 2.05) is 24.3 Å². The van der Waals surface area contributed by atoms with E-state index in [2.05, 4.69) is 20.1 Å². The Morgan fingerprint density at radius 3 is 2.34 bits per heavy atom. The van der Waals surface area contributed by atoms with Gasteiger partial charge in [0.2, 0.25) is 21.8 Å². The number of piperazine rings is 1. The number of sulfonamides is 1. The summed E-state index contributed by atoms with van der Waals surface area (Å²) in [5.41, 5.74) is 2.98. The van der Waals surface area contributed by atoms with Crippen LogP contribution >= 0.6 is 0 Å². The van der Waals surface area contributed by atoms with Crippen molar-refractivity contribution in [2.75, 3.05) is 57.1 Å². The molecular weight excluding hydrogens is 506 g/mol. The third kappa shape index (κ3) is 6.53. The fraction of sp³-hybridized carbons (Fsp3) is 0.407. The first kappa shape index (κ1) is 27.6. The number of carbonyl (C=O) groups excluding carboxylic acids is 1. The lowest BCUT2D eigenvalue weighted by atomic mass is 10.1. The lowest BCUT2D eigenvalue weighted by Crippen LogP contribution is -2.46. The van der Waals surface area contributed by atoms with E-state index in [9.17, 15) is 13.2 Å². The molecule has 38 heavy (non-hydrogen) atoms. The summed E-state index contributed by atoms with van der Waals surface area (Å²) in [5.74, 6) is 1.09. The number of aromatic nitrogens is 1. The van der Waals surface area contributed by atoms with Gasteiger partial charge in [0.05, 0.1) is 24.7 Å². The number of amides is 1. The number of hydrogen-bond donors (Lipinski definition) is 1. The second-order valence-corrected chi connectivity index (χ2v) is 11.4. The van der Waals surface area contributed by atoms with Crippen LogP contribution in [0.5, 0.6) is 5.75 Å². The van der Waals surface area contributed by atoms with Crippen LogP contribution in [0.1, 0.15) is 23.4 Å². The second kappa shape index (κ2) is 12.0. The minimum Gasteiger partial charge on any atom is -0.497 e. The summed E-state index contributed by atoms with van der Waals surface area (Å²) in [6.45, 7) is 7.85. The molecule has 11 heteroatoms. The summed E-state index contributed by atoms with van der Waals surface area (Å²) < 4.78 is 38.1. The molecule has 0 aliphatic carbocycles. The van der Waals surface area contributed by atoms with Crippen molar-refractivity contribution in [2.45, 2.75) is 31.7 Å². The molecule has 0 unspecified atom stereocenters. The first-order valence-corrected chi connectivity index (χ1v) is 14.0. The number of methoxy groups -OCH3 is 1. The van der Waals surface area contributed by atoms with E-state index in [1.165, 1.54) is 11.4 Å². The number of oxazole rings is 1. The Kier molecular flexibility index (Phi) is 8.70. The summed E-state index contributed by atoms with van der Waals surface area (Å²) in [4.78, 5) is 21.6. The molecule has 1 amide bonds. The Labute approximate surface area is 224 Å². The van der Waals surface area contributed by atoms with Crippen molar-refractivity contribution in [1.82, 2.24) is 14.2 Å². The van der Waals surface area contributed by atoms with Crippen molar-refractivity contribution in [3.63, 3.8) is 0 Å². The van der Waals surface area contributed by atoms with Gasteiger partial charge in [0, 0.05) is 57.6 Å². The van der Waals surface area contributed by atoms with Gasteiger partial charge in [-0.05, 0) is 61.4 Å². The zero-order chi connectivity index (χ0) is 27.3. The highest BCUT2D eigenvalue weighted by atomic mass is 32.2. The van der Waals surface area contributed by atoms with Crippen molar-refractivity contribution >= 4 is 27.3 Å². The quantitative estimate of drug-likeness (QED) is 0.417. The minimum absolute atomic E-state index is 0.0399. The maximum atomic E-state index is 13.2. The molecule has 0 radical (unpaired) electrons. The third-order valence-electron chi connectivity index (χ3n) is 6.72. The fourth-order valence-corrected chi connectivity index (χ4v) is 6.21. The normalized spacial score (nSPS) is 14.6. The zero-order valence-corrected chi connectivity index (χ0v) is 23.1. The monoisotopic (exact) mass is 541 g/mol. The van der Waals surface area contributed by atoms with Gasteiger partial charge < -0.3 is 19.4 Å². The Balaban J connectivity index is 1.27. The number of rotatable bonds is 10. The highest BCUT2D eigenvalue weighted by Crippen LogP contribution is 2.28. The van der Waals surface area contributed by atoms with Gasteiger partial charge in [-0.2, -0.15) is 0 Å². The van der Waals surface area contributed by atoms with Gasteiger partial charge in [-0.25, -0.2) is 17.7 Å². The van der Waals surface area contributed by atoms with Crippen LogP contribution in [-0.2, 0) is 21.4 Å².